The minimum absolute atomic E-state index is 0.669. The molecule has 50 heavy (non-hydrogen) atoms. The van der Waals surface area contributed by atoms with E-state index in [1.54, 1.807) is 0 Å². The van der Waals surface area contributed by atoms with E-state index >= 15 is 0 Å². The first-order valence-corrected chi connectivity index (χ1v) is 16.8. The maximum Gasteiger partial charge on any atom is 0.162 e. The fraction of sp³-hybridized carbons (Fsp3) is 0. The SMILES string of the molecule is c1ccc(-c2cc(-n3c4cc(-c5cccc6c5c5ccccc5n6-c5ccccc5)ccc4c4cccnc43)nc(-c3ccccc3)n2)cc1. The zero-order valence-electron chi connectivity index (χ0n) is 27.0. The zero-order valence-corrected chi connectivity index (χ0v) is 27.0. The van der Waals surface area contributed by atoms with Gasteiger partial charge in [0.05, 0.1) is 22.2 Å². The Morgan fingerprint density at radius 3 is 1.94 bits per heavy atom. The topological polar surface area (TPSA) is 48.5 Å². The monoisotopic (exact) mass is 639 g/mol. The largest absolute Gasteiger partial charge is 0.309 e. The smallest absolute Gasteiger partial charge is 0.162 e. The summed E-state index contributed by atoms with van der Waals surface area (Å²) in [4.78, 5) is 15.2. The summed E-state index contributed by atoms with van der Waals surface area (Å²) in [5.74, 6) is 1.44. The lowest BCUT2D eigenvalue weighted by Crippen LogP contribution is -2.03. The third-order valence-electron chi connectivity index (χ3n) is 9.59. The van der Waals surface area contributed by atoms with E-state index in [9.17, 15) is 0 Å². The molecule has 5 nitrogen and oxygen atoms in total. The molecule has 0 N–H and O–H groups in total. The van der Waals surface area contributed by atoms with Crippen molar-refractivity contribution in [3.05, 3.63) is 176 Å². The first-order valence-electron chi connectivity index (χ1n) is 16.8. The van der Waals surface area contributed by atoms with Crippen LogP contribution in [0.1, 0.15) is 0 Å². The predicted molar refractivity (Wildman–Crippen MR) is 205 cm³/mol. The average Bonchev–Trinajstić information content (AvgIpc) is 3.71. The standard InChI is InChI=1S/C45H29N5/c1-4-14-30(15-5-1)38-29-42(48-44(47-38)31-16-6-2-7-17-31)50-41-28-32(25-26-35(41)36-22-13-27-46-45(36)50)34-21-12-24-40-43(34)37-20-10-11-23-39(37)49(40)33-18-8-3-9-19-33/h1-29H. The molecule has 10 aromatic rings. The number of benzene rings is 6. The number of aromatic nitrogens is 5. The average molecular weight is 640 g/mol. The highest BCUT2D eigenvalue weighted by molar-refractivity contribution is 6.17. The van der Waals surface area contributed by atoms with Gasteiger partial charge in [0.2, 0.25) is 0 Å². The van der Waals surface area contributed by atoms with Crippen LogP contribution in [-0.4, -0.2) is 24.1 Å². The molecule has 0 saturated carbocycles. The molecule has 0 aliphatic heterocycles. The lowest BCUT2D eigenvalue weighted by atomic mass is 9.98. The Kier molecular flexibility index (Phi) is 6.42. The molecule has 5 heteroatoms. The van der Waals surface area contributed by atoms with Crippen molar-refractivity contribution < 1.29 is 0 Å². The van der Waals surface area contributed by atoms with Gasteiger partial charge in [0.25, 0.3) is 0 Å². The molecule has 0 aliphatic rings. The Morgan fingerprint density at radius 2 is 1.12 bits per heavy atom. The zero-order chi connectivity index (χ0) is 33.0. The first kappa shape index (κ1) is 28.2. The van der Waals surface area contributed by atoms with Gasteiger partial charge in [-0.3, -0.25) is 4.57 Å². The van der Waals surface area contributed by atoms with Crippen LogP contribution in [0.5, 0.6) is 0 Å². The van der Waals surface area contributed by atoms with Crippen molar-refractivity contribution in [3.63, 3.8) is 0 Å². The number of rotatable bonds is 5. The molecule has 0 spiro atoms. The Bertz CT molecular complexity index is 2800. The summed E-state index contributed by atoms with van der Waals surface area (Å²) in [7, 11) is 0. The number of para-hydroxylation sites is 2. The van der Waals surface area contributed by atoms with Crippen LogP contribution < -0.4 is 0 Å². The van der Waals surface area contributed by atoms with Crippen LogP contribution in [0.15, 0.2) is 176 Å². The second-order valence-electron chi connectivity index (χ2n) is 12.5. The van der Waals surface area contributed by atoms with Gasteiger partial charge in [-0.15, -0.1) is 0 Å². The van der Waals surface area contributed by atoms with Gasteiger partial charge in [-0.25, -0.2) is 15.0 Å². The normalized spacial score (nSPS) is 11.6. The Labute approximate surface area is 288 Å². The summed E-state index contributed by atoms with van der Waals surface area (Å²) in [6.45, 7) is 0. The molecule has 234 valence electrons. The first-order chi connectivity index (χ1) is 24.8. The van der Waals surface area contributed by atoms with Crippen LogP contribution in [0.3, 0.4) is 0 Å². The molecule has 10 rings (SSSR count). The van der Waals surface area contributed by atoms with Gasteiger partial charge < -0.3 is 4.57 Å². The van der Waals surface area contributed by atoms with E-state index in [2.05, 4.69) is 137 Å². The lowest BCUT2D eigenvalue weighted by molar-refractivity contribution is 1.03. The van der Waals surface area contributed by atoms with E-state index in [4.69, 9.17) is 15.0 Å². The van der Waals surface area contributed by atoms with Gasteiger partial charge >= 0.3 is 0 Å². The fourth-order valence-electron chi connectivity index (χ4n) is 7.38. The quantitative estimate of drug-likeness (QED) is 0.188. The van der Waals surface area contributed by atoms with Crippen molar-refractivity contribution in [1.82, 2.24) is 24.1 Å². The van der Waals surface area contributed by atoms with E-state index in [1.165, 1.54) is 27.4 Å². The minimum atomic E-state index is 0.669. The molecule has 0 amide bonds. The summed E-state index contributed by atoms with van der Waals surface area (Å²) in [6.07, 6.45) is 1.86. The van der Waals surface area contributed by atoms with E-state index in [0.717, 1.165) is 55.8 Å². The maximum atomic E-state index is 5.21. The molecule has 0 radical (unpaired) electrons. The minimum Gasteiger partial charge on any atom is -0.309 e. The molecule has 4 aromatic heterocycles. The van der Waals surface area contributed by atoms with E-state index in [0.29, 0.717) is 5.82 Å². The molecule has 0 unspecified atom stereocenters. The highest BCUT2D eigenvalue weighted by Gasteiger charge is 2.20. The second-order valence-corrected chi connectivity index (χ2v) is 12.5. The molecule has 0 fully saturated rings. The Morgan fingerprint density at radius 1 is 0.420 bits per heavy atom. The molecule has 0 bridgehead atoms. The fourth-order valence-corrected chi connectivity index (χ4v) is 7.38. The molecule has 0 atom stereocenters. The summed E-state index contributed by atoms with van der Waals surface area (Å²) in [5.41, 5.74) is 10.6. The van der Waals surface area contributed by atoms with Crippen molar-refractivity contribution >= 4 is 43.7 Å². The van der Waals surface area contributed by atoms with Crippen LogP contribution in [0.25, 0.3) is 89.0 Å². The van der Waals surface area contributed by atoms with E-state index in [-0.39, 0.29) is 0 Å². The molecule has 6 aromatic carbocycles. The van der Waals surface area contributed by atoms with Crippen molar-refractivity contribution in [2.75, 3.05) is 0 Å². The highest BCUT2D eigenvalue weighted by atomic mass is 15.1. The summed E-state index contributed by atoms with van der Waals surface area (Å²) in [6, 6.07) is 59.4. The molecule has 0 saturated heterocycles. The van der Waals surface area contributed by atoms with Crippen LogP contribution in [0.4, 0.5) is 0 Å². The van der Waals surface area contributed by atoms with Crippen LogP contribution >= 0.6 is 0 Å². The summed E-state index contributed by atoms with van der Waals surface area (Å²) >= 11 is 0. The number of pyridine rings is 1. The third kappa shape index (κ3) is 4.45. The number of nitrogens with zero attached hydrogens (tertiary/aromatic N) is 5. The number of hydrogen-bond acceptors (Lipinski definition) is 3. The Hall–Kier alpha value is -6.85. The summed E-state index contributed by atoms with van der Waals surface area (Å²) < 4.78 is 4.56. The molecule has 4 heterocycles. The van der Waals surface area contributed by atoms with Crippen molar-refractivity contribution in [2.45, 2.75) is 0 Å². The van der Waals surface area contributed by atoms with Gasteiger partial charge in [-0.2, -0.15) is 0 Å². The van der Waals surface area contributed by atoms with Gasteiger partial charge in [-0.1, -0.05) is 121 Å². The van der Waals surface area contributed by atoms with Gasteiger partial charge in [0.1, 0.15) is 11.5 Å². The maximum absolute atomic E-state index is 5.21. The lowest BCUT2D eigenvalue weighted by Gasteiger charge is -2.12. The van der Waals surface area contributed by atoms with Gasteiger partial charge in [0.15, 0.2) is 5.82 Å². The van der Waals surface area contributed by atoms with Crippen molar-refractivity contribution in [3.8, 4) is 45.3 Å². The van der Waals surface area contributed by atoms with Crippen molar-refractivity contribution in [1.29, 1.82) is 0 Å². The number of fused-ring (bicyclic) bond motifs is 6. The molecular weight excluding hydrogens is 611 g/mol. The predicted octanol–water partition coefficient (Wildman–Crippen LogP) is 11.1. The molecular formula is C45H29N5. The molecule has 0 aliphatic carbocycles. The third-order valence-corrected chi connectivity index (χ3v) is 9.59. The van der Waals surface area contributed by atoms with Gasteiger partial charge in [-0.05, 0) is 53.6 Å². The van der Waals surface area contributed by atoms with E-state index < -0.39 is 0 Å². The van der Waals surface area contributed by atoms with Crippen molar-refractivity contribution in [2.24, 2.45) is 0 Å². The Balaban J connectivity index is 1.25. The summed E-state index contributed by atoms with van der Waals surface area (Å²) in [5, 5.41) is 4.65. The highest BCUT2D eigenvalue weighted by Crippen LogP contribution is 2.41. The van der Waals surface area contributed by atoms with Crippen LogP contribution in [0.2, 0.25) is 0 Å². The number of hydrogen-bond donors (Lipinski definition) is 0. The van der Waals surface area contributed by atoms with Crippen LogP contribution in [-0.2, 0) is 0 Å². The van der Waals surface area contributed by atoms with E-state index in [1.807, 2.05) is 48.7 Å². The van der Waals surface area contributed by atoms with Crippen LogP contribution in [0, 0.1) is 0 Å². The second kappa shape index (κ2) is 11.4. The van der Waals surface area contributed by atoms with Gasteiger partial charge in [0, 0.05) is 50.6 Å².